The van der Waals surface area contributed by atoms with Crippen LogP contribution in [0.1, 0.15) is 29.9 Å². The lowest BCUT2D eigenvalue weighted by Gasteiger charge is -2.32. The van der Waals surface area contributed by atoms with Gasteiger partial charge in [-0.2, -0.15) is 0 Å². The summed E-state index contributed by atoms with van der Waals surface area (Å²) in [5.41, 5.74) is 1.67. The molecular formula is C17H20ClN3O3. The van der Waals surface area contributed by atoms with Crippen LogP contribution < -0.4 is 4.74 Å². The van der Waals surface area contributed by atoms with E-state index in [0.717, 1.165) is 24.1 Å². The van der Waals surface area contributed by atoms with E-state index in [9.17, 15) is 4.79 Å². The second-order valence-corrected chi connectivity index (χ2v) is 6.38. The second-order valence-electron chi connectivity index (χ2n) is 5.97. The van der Waals surface area contributed by atoms with Gasteiger partial charge >= 0.3 is 0 Å². The number of hydrogen-bond acceptors (Lipinski definition) is 5. The van der Waals surface area contributed by atoms with Gasteiger partial charge in [0.1, 0.15) is 16.9 Å². The summed E-state index contributed by atoms with van der Waals surface area (Å²) >= 11 is 6.06. The average Bonchev–Trinajstić information content (AvgIpc) is 2.89. The van der Waals surface area contributed by atoms with Crippen LogP contribution in [0.3, 0.4) is 0 Å². The van der Waals surface area contributed by atoms with E-state index in [-0.39, 0.29) is 12.0 Å². The zero-order valence-corrected chi connectivity index (χ0v) is 14.5. The van der Waals surface area contributed by atoms with E-state index in [2.05, 4.69) is 10.1 Å². The molecule has 2 aromatic rings. The number of pyridine rings is 1. The largest absolute Gasteiger partial charge is 0.473 e. The van der Waals surface area contributed by atoms with Crippen LogP contribution >= 0.6 is 11.6 Å². The molecule has 7 heteroatoms. The molecule has 0 bridgehead atoms. The van der Waals surface area contributed by atoms with Crippen LogP contribution in [0.5, 0.6) is 5.88 Å². The Bertz CT molecular complexity index is 704. The van der Waals surface area contributed by atoms with Crippen LogP contribution in [-0.4, -0.2) is 40.1 Å². The van der Waals surface area contributed by atoms with E-state index < -0.39 is 0 Å². The van der Waals surface area contributed by atoms with Crippen molar-refractivity contribution in [2.45, 2.75) is 39.2 Å². The number of carbonyl (C=O) groups excluding carboxylic acids is 1. The summed E-state index contributed by atoms with van der Waals surface area (Å²) in [5.74, 6) is 1.27. The Hall–Kier alpha value is -2.08. The number of carbonyl (C=O) groups is 1. The molecule has 1 fully saturated rings. The van der Waals surface area contributed by atoms with Gasteiger partial charge in [-0.3, -0.25) is 4.79 Å². The molecule has 0 aliphatic carbocycles. The van der Waals surface area contributed by atoms with Gasteiger partial charge in [0.05, 0.1) is 12.1 Å². The third-order valence-corrected chi connectivity index (χ3v) is 4.59. The lowest BCUT2D eigenvalue weighted by Crippen LogP contribution is -2.42. The highest BCUT2D eigenvalue weighted by Gasteiger charge is 2.26. The average molecular weight is 350 g/mol. The molecule has 24 heavy (non-hydrogen) atoms. The van der Waals surface area contributed by atoms with Crippen molar-refractivity contribution in [3.05, 3.63) is 40.4 Å². The zero-order valence-electron chi connectivity index (χ0n) is 13.8. The quantitative estimate of drug-likeness (QED) is 0.848. The minimum atomic E-state index is 0.0283. The molecule has 3 heterocycles. The summed E-state index contributed by atoms with van der Waals surface area (Å²) in [4.78, 5) is 18.5. The smallest absolute Gasteiger partial charge is 0.232 e. The van der Waals surface area contributed by atoms with Gasteiger partial charge in [0, 0.05) is 37.7 Å². The van der Waals surface area contributed by atoms with E-state index >= 15 is 0 Å². The first-order chi connectivity index (χ1) is 11.5. The van der Waals surface area contributed by atoms with Gasteiger partial charge < -0.3 is 14.2 Å². The summed E-state index contributed by atoms with van der Waals surface area (Å²) in [5, 5.41) is 4.41. The number of amides is 1. The number of rotatable bonds is 4. The van der Waals surface area contributed by atoms with Crippen molar-refractivity contribution in [3.63, 3.8) is 0 Å². The summed E-state index contributed by atoms with van der Waals surface area (Å²) in [6.45, 7) is 5.02. The number of halogens is 1. The Labute approximate surface area is 145 Å². The van der Waals surface area contributed by atoms with Crippen molar-refractivity contribution in [1.82, 2.24) is 15.0 Å². The van der Waals surface area contributed by atoms with Crippen molar-refractivity contribution < 1.29 is 14.1 Å². The molecule has 0 unspecified atom stereocenters. The summed E-state index contributed by atoms with van der Waals surface area (Å²) in [7, 11) is 0. The maximum atomic E-state index is 12.5. The van der Waals surface area contributed by atoms with Crippen molar-refractivity contribution >= 4 is 17.5 Å². The van der Waals surface area contributed by atoms with Crippen molar-refractivity contribution in [2.75, 3.05) is 13.1 Å². The molecule has 1 aliphatic heterocycles. The Balaban J connectivity index is 1.53. The molecule has 3 rings (SSSR count). The molecule has 1 aliphatic rings. The van der Waals surface area contributed by atoms with Gasteiger partial charge in [-0.05, 0) is 26.0 Å². The Kier molecular flexibility index (Phi) is 5.04. The van der Waals surface area contributed by atoms with Crippen molar-refractivity contribution in [1.29, 1.82) is 0 Å². The minimum absolute atomic E-state index is 0.0283. The van der Waals surface area contributed by atoms with Crippen LogP contribution in [0.15, 0.2) is 22.9 Å². The highest BCUT2D eigenvalue weighted by Crippen LogP contribution is 2.24. The molecule has 6 nitrogen and oxygen atoms in total. The summed E-state index contributed by atoms with van der Waals surface area (Å²) in [6.07, 6.45) is 3.54. The molecule has 0 radical (unpaired) electrons. The summed E-state index contributed by atoms with van der Waals surface area (Å²) in [6, 6.07) is 3.53. The van der Waals surface area contributed by atoms with Gasteiger partial charge in [0.15, 0.2) is 0 Å². The fourth-order valence-electron chi connectivity index (χ4n) is 2.86. The highest BCUT2D eigenvalue weighted by molar-refractivity contribution is 6.31. The second kappa shape index (κ2) is 7.21. The van der Waals surface area contributed by atoms with Crippen LogP contribution in [0.2, 0.25) is 5.02 Å². The monoisotopic (exact) mass is 349 g/mol. The van der Waals surface area contributed by atoms with Crippen LogP contribution in [0.4, 0.5) is 0 Å². The highest BCUT2D eigenvalue weighted by atomic mass is 35.5. The summed E-state index contributed by atoms with van der Waals surface area (Å²) < 4.78 is 11.0. The van der Waals surface area contributed by atoms with E-state index in [1.807, 2.05) is 18.7 Å². The zero-order chi connectivity index (χ0) is 17.1. The van der Waals surface area contributed by atoms with Crippen LogP contribution in [0.25, 0.3) is 0 Å². The first-order valence-corrected chi connectivity index (χ1v) is 8.39. The molecule has 0 spiro atoms. The first kappa shape index (κ1) is 16.8. The molecule has 0 saturated carbocycles. The molecule has 1 saturated heterocycles. The Morgan fingerprint density at radius 1 is 1.42 bits per heavy atom. The van der Waals surface area contributed by atoms with Crippen molar-refractivity contribution in [2.24, 2.45) is 0 Å². The molecule has 1 amide bonds. The van der Waals surface area contributed by atoms with Crippen LogP contribution in [0, 0.1) is 13.8 Å². The number of hydrogen-bond donors (Lipinski definition) is 0. The van der Waals surface area contributed by atoms with Crippen LogP contribution in [-0.2, 0) is 11.2 Å². The number of piperidine rings is 1. The van der Waals surface area contributed by atoms with Gasteiger partial charge in [-0.1, -0.05) is 16.8 Å². The number of aromatic nitrogens is 2. The van der Waals surface area contributed by atoms with Gasteiger partial charge in [0.2, 0.25) is 11.8 Å². The lowest BCUT2D eigenvalue weighted by molar-refractivity contribution is -0.132. The predicted octanol–water partition coefficient (Wildman–Crippen LogP) is 2.95. The van der Waals surface area contributed by atoms with Gasteiger partial charge in [-0.25, -0.2) is 4.98 Å². The Morgan fingerprint density at radius 3 is 2.79 bits per heavy atom. The molecule has 2 aromatic heterocycles. The SMILES string of the molecule is Cc1noc(C)c1CC(=O)N1CCC(Oc2ncccc2Cl)CC1. The number of aryl methyl sites for hydroxylation is 2. The fourth-order valence-corrected chi connectivity index (χ4v) is 3.02. The fraction of sp³-hybridized carbons (Fsp3) is 0.471. The number of likely N-dealkylation sites (tertiary alicyclic amines) is 1. The number of ether oxygens (including phenoxy) is 1. The third-order valence-electron chi connectivity index (χ3n) is 4.31. The molecule has 0 aromatic carbocycles. The molecular weight excluding hydrogens is 330 g/mol. The number of nitrogens with zero attached hydrogens (tertiary/aromatic N) is 3. The lowest BCUT2D eigenvalue weighted by atomic mass is 10.1. The maximum absolute atomic E-state index is 12.5. The third kappa shape index (κ3) is 3.70. The molecule has 0 N–H and O–H groups in total. The first-order valence-electron chi connectivity index (χ1n) is 8.01. The van der Waals surface area contributed by atoms with E-state index in [1.54, 1.807) is 18.3 Å². The topological polar surface area (TPSA) is 68.5 Å². The normalized spacial score (nSPS) is 15.5. The predicted molar refractivity (Wildman–Crippen MR) is 89.2 cm³/mol. The molecule has 128 valence electrons. The standard InChI is InChI=1S/C17H20ClN3O3/c1-11-14(12(2)24-20-11)10-16(22)21-8-5-13(6-9-21)23-17-15(18)4-3-7-19-17/h3-4,7,13H,5-6,8-10H2,1-2H3. The molecule has 0 atom stereocenters. The van der Waals surface area contributed by atoms with Gasteiger partial charge in [-0.15, -0.1) is 0 Å². The maximum Gasteiger partial charge on any atom is 0.232 e. The Morgan fingerprint density at radius 2 is 2.17 bits per heavy atom. The van der Waals surface area contributed by atoms with Gasteiger partial charge in [0.25, 0.3) is 0 Å². The minimum Gasteiger partial charge on any atom is -0.473 e. The van der Waals surface area contributed by atoms with E-state index in [4.69, 9.17) is 20.9 Å². The van der Waals surface area contributed by atoms with Crippen molar-refractivity contribution in [3.8, 4) is 5.88 Å². The van der Waals surface area contributed by atoms with E-state index in [1.165, 1.54) is 0 Å². The van der Waals surface area contributed by atoms with E-state index in [0.29, 0.717) is 36.2 Å².